The maximum Gasteiger partial charge on any atom is 0.303 e. The van der Waals surface area contributed by atoms with Crippen LogP contribution in [0.5, 0.6) is 11.5 Å². The Bertz CT molecular complexity index is 2070. The molecule has 0 aromatic heterocycles. The van der Waals surface area contributed by atoms with E-state index in [1.165, 1.54) is 25.3 Å². The van der Waals surface area contributed by atoms with Crippen molar-refractivity contribution in [2.45, 2.75) is 154 Å². The van der Waals surface area contributed by atoms with Crippen molar-refractivity contribution in [2.75, 3.05) is 33.5 Å². The molecule has 3 fully saturated rings. The normalized spacial score (nSPS) is 29.9. The predicted molar refractivity (Wildman–Crippen MR) is 233 cm³/mol. The minimum atomic E-state index is -2.05. The number of benzene rings is 1. The molecule has 0 saturated carbocycles. The van der Waals surface area contributed by atoms with Crippen LogP contribution in [0.15, 0.2) is 36.9 Å². The van der Waals surface area contributed by atoms with E-state index in [2.05, 4.69) is 6.58 Å². The fourth-order valence-corrected chi connectivity index (χ4v) is 7.68. The fraction of sp³-hybridized carbons (Fsp3) is 0.630. The van der Waals surface area contributed by atoms with E-state index in [9.17, 15) is 43.2 Å². The molecular weight excluding hydrogens is 968 g/mol. The number of carbonyl (C=O) groups is 9. The number of hydrogen-bond donors (Lipinski definition) is 0. The van der Waals surface area contributed by atoms with E-state index in [4.69, 9.17) is 80.5 Å². The van der Waals surface area contributed by atoms with Gasteiger partial charge in [-0.15, -0.1) is 6.58 Å². The first kappa shape index (κ1) is 58.1. The fourth-order valence-electron chi connectivity index (χ4n) is 7.68. The van der Waals surface area contributed by atoms with Crippen LogP contribution >= 0.6 is 0 Å². The number of methoxy groups -OCH3 is 1. The van der Waals surface area contributed by atoms with Gasteiger partial charge in [0, 0.05) is 62.3 Å². The summed E-state index contributed by atoms with van der Waals surface area (Å²) in [5, 5.41) is 0. The SMILES string of the molecule is C=CCO[C@@H]1[C@@H](OC(C)=O)[C@H](O[C@@H]2[C@@H](OC(C)=O)[C@@H](O[C@@H]3[C@@H](OC(C)=O)[C@H](Oc4ccc(OC)cc4)O[C@H](COC(C)=O)[C@H]3OC(C)=O)O[C@H](COC(C)=O)[C@H]2OC(C)=O)O[C@H](COC(C)=O)[C@H]1OC(C)=O. The number of ether oxygens (including phenoxy) is 17. The number of carbonyl (C=O) groups excluding carboxylic acids is 9. The Morgan fingerprint density at radius 1 is 0.431 bits per heavy atom. The molecule has 3 saturated heterocycles. The first-order valence-corrected chi connectivity index (χ1v) is 22.3. The van der Waals surface area contributed by atoms with Gasteiger partial charge in [-0.25, -0.2) is 0 Å². The van der Waals surface area contributed by atoms with Crippen molar-refractivity contribution in [2.24, 2.45) is 0 Å². The van der Waals surface area contributed by atoms with Gasteiger partial charge in [-0.3, -0.25) is 43.2 Å². The molecule has 3 aliphatic heterocycles. The first-order chi connectivity index (χ1) is 34.0. The van der Waals surface area contributed by atoms with Crippen LogP contribution in [-0.2, 0) is 114 Å². The highest BCUT2D eigenvalue weighted by Gasteiger charge is 2.60. The molecule has 3 heterocycles. The average molecular weight is 1030 g/mol. The summed E-state index contributed by atoms with van der Waals surface area (Å²) in [5.41, 5.74) is 0. The molecule has 1 aromatic rings. The van der Waals surface area contributed by atoms with Crippen molar-refractivity contribution >= 4 is 53.7 Å². The molecule has 26 heteroatoms. The maximum atomic E-state index is 13.2. The molecule has 26 nitrogen and oxygen atoms in total. The Kier molecular flexibility index (Phi) is 22.1. The Morgan fingerprint density at radius 2 is 0.736 bits per heavy atom. The summed E-state index contributed by atoms with van der Waals surface area (Å²) in [7, 11) is 1.43. The van der Waals surface area contributed by atoms with Gasteiger partial charge in [-0.1, -0.05) is 6.08 Å². The Hall–Kier alpha value is -6.45. The minimum Gasteiger partial charge on any atom is -0.497 e. The van der Waals surface area contributed by atoms with Gasteiger partial charge in [-0.2, -0.15) is 0 Å². The number of rotatable bonds is 22. The van der Waals surface area contributed by atoms with Crippen LogP contribution in [-0.4, -0.2) is 179 Å². The van der Waals surface area contributed by atoms with Crippen LogP contribution in [0, 0.1) is 0 Å². The van der Waals surface area contributed by atoms with Gasteiger partial charge in [0.25, 0.3) is 0 Å². The molecule has 400 valence electrons. The van der Waals surface area contributed by atoms with E-state index in [0.717, 1.165) is 62.3 Å². The lowest BCUT2D eigenvalue weighted by atomic mass is 9.95. The highest BCUT2D eigenvalue weighted by Crippen LogP contribution is 2.39. The van der Waals surface area contributed by atoms with E-state index in [1.807, 2.05) is 0 Å². The molecule has 72 heavy (non-hydrogen) atoms. The quantitative estimate of drug-likeness (QED) is 0.0884. The zero-order chi connectivity index (χ0) is 53.4. The van der Waals surface area contributed by atoms with E-state index in [1.54, 1.807) is 12.1 Å². The summed E-state index contributed by atoms with van der Waals surface area (Å²) in [6, 6.07) is 6.04. The molecule has 0 bridgehead atoms. The van der Waals surface area contributed by atoms with Crippen molar-refractivity contribution in [3.8, 4) is 11.5 Å². The maximum absolute atomic E-state index is 13.2. The highest BCUT2D eigenvalue weighted by molar-refractivity contribution is 5.69. The predicted octanol–water partition coefficient (Wildman–Crippen LogP) is 0.870. The van der Waals surface area contributed by atoms with Crippen molar-refractivity contribution in [1.82, 2.24) is 0 Å². The zero-order valence-electron chi connectivity index (χ0n) is 41.2. The molecule has 0 amide bonds. The van der Waals surface area contributed by atoms with Crippen LogP contribution in [0.2, 0.25) is 0 Å². The third-order valence-electron chi connectivity index (χ3n) is 10.2. The van der Waals surface area contributed by atoms with Crippen molar-refractivity contribution in [1.29, 1.82) is 0 Å². The van der Waals surface area contributed by atoms with E-state index < -0.39 is 166 Å². The molecule has 0 spiro atoms. The summed E-state index contributed by atoms with van der Waals surface area (Å²) in [4.78, 5) is 114. The smallest absolute Gasteiger partial charge is 0.303 e. The highest BCUT2D eigenvalue weighted by atomic mass is 16.8. The standard InChI is InChI=1S/C46H60O26/c1-12-17-57-38-35(61-24(5)50)32(18-58-21(2)47)69-45(41(38)64-27(8)53)71-40-37(63-26(7)52)34(20-60-23(4)49)70-46(43(40)66-29(10)55)72-39-36(62-25(6)51)33(19-59-22(3)48)68-44(42(39)65-28(9)54)67-31-15-13-30(56-11)14-16-31/h12-16,32-46H,1,17-20H2,2-11H3/t32-,33-,34-,35-,36-,37-,38+,39+,40+,41-,42-,43-,44-,45+,46-/m1/s1. The molecule has 1 aromatic carbocycles. The van der Waals surface area contributed by atoms with Crippen LogP contribution in [0.4, 0.5) is 0 Å². The Labute approximate surface area is 413 Å². The Balaban J connectivity index is 1.98. The zero-order valence-corrected chi connectivity index (χ0v) is 41.2. The van der Waals surface area contributed by atoms with E-state index in [0.29, 0.717) is 5.75 Å². The molecule has 3 aliphatic rings. The van der Waals surface area contributed by atoms with Gasteiger partial charge in [-0.05, 0) is 24.3 Å². The van der Waals surface area contributed by atoms with Crippen LogP contribution < -0.4 is 9.47 Å². The van der Waals surface area contributed by atoms with Gasteiger partial charge >= 0.3 is 53.7 Å². The van der Waals surface area contributed by atoms with E-state index >= 15 is 0 Å². The first-order valence-electron chi connectivity index (χ1n) is 22.3. The summed E-state index contributed by atoms with van der Waals surface area (Å²) in [5.74, 6) is -7.59. The van der Waals surface area contributed by atoms with Gasteiger partial charge in [0.2, 0.25) is 6.29 Å². The second kappa shape index (κ2) is 27.4. The second-order valence-corrected chi connectivity index (χ2v) is 16.1. The van der Waals surface area contributed by atoms with Crippen molar-refractivity contribution in [3.05, 3.63) is 36.9 Å². The summed E-state index contributed by atoms with van der Waals surface area (Å²) in [6.45, 7) is 10.8. The monoisotopic (exact) mass is 1030 g/mol. The van der Waals surface area contributed by atoms with Crippen LogP contribution in [0.25, 0.3) is 0 Å². The van der Waals surface area contributed by atoms with Gasteiger partial charge in [0.1, 0.15) is 67.9 Å². The number of hydrogen-bond acceptors (Lipinski definition) is 26. The van der Waals surface area contributed by atoms with Gasteiger partial charge in [0.15, 0.2) is 49.2 Å². The minimum absolute atomic E-state index is 0.118. The summed E-state index contributed by atoms with van der Waals surface area (Å²) >= 11 is 0. The lowest BCUT2D eigenvalue weighted by molar-refractivity contribution is -0.379. The van der Waals surface area contributed by atoms with Gasteiger partial charge in [0.05, 0.1) is 13.7 Å². The van der Waals surface area contributed by atoms with E-state index in [-0.39, 0.29) is 12.4 Å². The average Bonchev–Trinajstić information content (AvgIpc) is 3.28. The molecule has 4 rings (SSSR count). The largest absolute Gasteiger partial charge is 0.497 e. The molecule has 15 atom stereocenters. The molecular formula is C46H60O26. The third-order valence-corrected chi connectivity index (χ3v) is 10.2. The van der Waals surface area contributed by atoms with Gasteiger partial charge < -0.3 is 80.5 Å². The summed E-state index contributed by atoms with van der Waals surface area (Å²) in [6.07, 6.45) is -24.5. The lowest BCUT2D eigenvalue weighted by Crippen LogP contribution is -2.69. The molecule has 0 N–H and O–H groups in total. The van der Waals surface area contributed by atoms with Crippen LogP contribution in [0.3, 0.4) is 0 Å². The van der Waals surface area contributed by atoms with Crippen LogP contribution in [0.1, 0.15) is 62.3 Å². The Morgan fingerprint density at radius 3 is 1.07 bits per heavy atom. The topological polar surface area (TPSA) is 311 Å². The third kappa shape index (κ3) is 17.1. The van der Waals surface area contributed by atoms with Crippen molar-refractivity contribution in [3.63, 3.8) is 0 Å². The van der Waals surface area contributed by atoms with Crippen molar-refractivity contribution < 1.29 is 124 Å². The molecule has 0 unspecified atom stereocenters. The lowest BCUT2D eigenvalue weighted by Gasteiger charge is -2.50. The second-order valence-electron chi connectivity index (χ2n) is 16.1. The molecule has 0 radical (unpaired) electrons. The molecule has 0 aliphatic carbocycles. The summed E-state index contributed by atoms with van der Waals surface area (Å²) < 4.78 is 99.6. The number of esters is 9.